The molecule has 1 unspecified atom stereocenters. The van der Waals surface area contributed by atoms with Crippen molar-refractivity contribution < 1.29 is 9.53 Å². The zero-order chi connectivity index (χ0) is 15.7. The van der Waals surface area contributed by atoms with E-state index in [1.54, 1.807) is 6.92 Å². The fourth-order valence-corrected chi connectivity index (χ4v) is 3.73. The number of esters is 1. The highest BCUT2D eigenvalue weighted by Gasteiger charge is 2.24. The minimum atomic E-state index is -0.647. The van der Waals surface area contributed by atoms with Crippen LogP contribution in [0.1, 0.15) is 49.9 Å². The van der Waals surface area contributed by atoms with Crippen molar-refractivity contribution in [3.8, 4) is 0 Å². The lowest BCUT2D eigenvalue weighted by molar-refractivity contribution is -0.154. The van der Waals surface area contributed by atoms with Gasteiger partial charge < -0.3 is 4.74 Å². The monoisotopic (exact) mass is 320 g/mol. The molecule has 0 aromatic carbocycles. The van der Waals surface area contributed by atoms with Crippen LogP contribution in [-0.4, -0.2) is 21.6 Å². The number of hydrogen-bond donors (Lipinski definition) is 0. The lowest BCUT2D eigenvalue weighted by atomic mass is 9.98. The van der Waals surface area contributed by atoms with Gasteiger partial charge in [0.15, 0.2) is 0 Å². The zero-order valence-corrected chi connectivity index (χ0v) is 13.7. The number of aryl methyl sites for hydroxylation is 1. The topological polar surface area (TPSA) is 61.2 Å². The Morgan fingerprint density at radius 3 is 2.86 bits per heavy atom. The van der Waals surface area contributed by atoms with Crippen LogP contribution in [0.25, 0.3) is 10.2 Å². The molecule has 5 nitrogen and oxygen atoms in total. The van der Waals surface area contributed by atoms with E-state index < -0.39 is 6.04 Å². The molecular weight excluding hydrogens is 300 g/mol. The second-order valence-electron chi connectivity index (χ2n) is 5.91. The summed E-state index contributed by atoms with van der Waals surface area (Å²) in [5.74, 6) is -0.345. The van der Waals surface area contributed by atoms with Crippen molar-refractivity contribution in [2.24, 2.45) is 0 Å². The first-order chi connectivity index (χ1) is 10.6. The Bertz CT molecular complexity index is 743. The fourth-order valence-electron chi connectivity index (χ4n) is 2.89. The maximum atomic E-state index is 12.5. The molecule has 0 saturated heterocycles. The van der Waals surface area contributed by atoms with E-state index in [2.05, 4.69) is 4.98 Å². The first kappa shape index (κ1) is 15.2. The second-order valence-corrected chi connectivity index (χ2v) is 7.14. The van der Waals surface area contributed by atoms with E-state index in [4.69, 9.17) is 4.74 Å². The zero-order valence-electron chi connectivity index (χ0n) is 12.9. The van der Waals surface area contributed by atoms with Crippen LogP contribution in [0.2, 0.25) is 0 Å². The summed E-state index contributed by atoms with van der Waals surface area (Å²) in [4.78, 5) is 30.8. The van der Waals surface area contributed by atoms with E-state index in [1.807, 2.05) is 13.0 Å². The summed E-state index contributed by atoms with van der Waals surface area (Å²) in [6, 6.07) is 1.18. The van der Waals surface area contributed by atoms with Crippen molar-refractivity contribution in [2.45, 2.75) is 58.1 Å². The van der Waals surface area contributed by atoms with Gasteiger partial charge in [-0.1, -0.05) is 6.42 Å². The molecular formula is C16H20N2O3S. The Morgan fingerprint density at radius 2 is 2.14 bits per heavy atom. The molecule has 0 amide bonds. The van der Waals surface area contributed by atoms with Crippen molar-refractivity contribution >= 4 is 27.5 Å². The molecule has 22 heavy (non-hydrogen) atoms. The highest BCUT2D eigenvalue weighted by molar-refractivity contribution is 7.18. The average Bonchev–Trinajstić information content (AvgIpc) is 2.89. The largest absolute Gasteiger partial charge is 0.461 e. The van der Waals surface area contributed by atoms with E-state index in [1.165, 1.54) is 28.7 Å². The fraction of sp³-hybridized carbons (Fsp3) is 0.562. The van der Waals surface area contributed by atoms with Gasteiger partial charge in [-0.2, -0.15) is 0 Å². The standard InChI is InChI=1S/C16H20N2O3S/c1-10-8-13-14(22-10)17-9-18(15(13)19)11(2)16(20)21-12-6-4-3-5-7-12/h8-9,11-12H,3-7H2,1-2H3. The average molecular weight is 320 g/mol. The molecule has 1 fully saturated rings. The number of rotatable bonds is 3. The number of fused-ring (bicyclic) bond motifs is 1. The maximum Gasteiger partial charge on any atom is 0.329 e. The molecule has 0 aliphatic heterocycles. The molecule has 6 heteroatoms. The Kier molecular flexibility index (Phi) is 4.29. The predicted octanol–water partition coefficient (Wildman–Crippen LogP) is 3.20. The summed E-state index contributed by atoms with van der Waals surface area (Å²) in [6.45, 7) is 3.64. The quantitative estimate of drug-likeness (QED) is 0.815. The molecule has 1 saturated carbocycles. The smallest absolute Gasteiger partial charge is 0.329 e. The number of hydrogen-bond acceptors (Lipinski definition) is 5. The van der Waals surface area contributed by atoms with E-state index in [9.17, 15) is 9.59 Å². The van der Waals surface area contributed by atoms with Crippen LogP contribution >= 0.6 is 11.3 Å². The van der Waals surface area contributed by atoms with E-state index in [0.717, 1.165) is 30.6 Å². The summed E-state index contributed by atoms with van der Waals surface area (Å²) < 4.78 is 6.93. The Morgan fingerprint density at radius 1 is 1.41 bits per heavy atom. The summed E-state index contributed by atoms with van der Waals surface area (Å²) >= 11 is 1.48. The van der Waals surface area contributed by atoms with Gasteiger partial charge in [0.2, 0.25) is 0 Å². The molecule has 1 atom stereocenters. The maximum absolute atomic E-state index is 12.5. The van der Waals surface area contributed by atoms with Crippen LogP contribution in [0, 0.1) is 6.92 Å². The highest BCUT2D eigenvalue weighted by Crippen LogP contribution is 2.23. The number of carbonyl (C=O) groups excluding carboxylic acids is 1. The van der Waals surface area contributed by atoms with Gasteiger partial charge in [0, 0.05) is 4.88 Å². The molecule has 2 aromatic heterocycles. The minimum Gasteiger partial charge on any atom is -0.461 e. The molecule has 0 radical (unpaired) electrons. The number of nitrogens with zero attached hydrogens (tertiary/aromatic N) is 2. The molecule has 118 valence electrons. The molecule has 0 spiro atoms. The van der Waals surface area contributed by atoms with Crippen LogP contribution in [0.3, 0.4) is 0 Å². The van der Waals surface area contributed by atoms with Crippen molar-refractivity contribution in [3.63, 3.8) is 0 Å². The number of ether oxygens (including phenoxy) is 1. The molecule has 0 N–H and O–H groups in total. The van der Waals surface area contributed by atoms with Gasteiger partial charge in [-0.3, -0.25) is 9.36 Å². The Labute approximate surface area is 132 Å². The third-order valence-corrected chi connectivity index (χ3v) is 5.15. The van der Waals surface area contributed by atoms with Crippen LogP contribution < -0.4 is 5.56 Å². The Balaban J connectivity index is 1.81. The second kappa shape index (κ2) is 6.20. The van der Waals surface area contributed by atoms with Crippen LogP contribution in [0.5, 0.6) is 0 Å². The van der Waals surface area contributed by atoms with Gasteiger partial charge in [-0.25, -0.2) is 9.78 Å². The van der Waals surface area contributed by atoms with Gasteiger partial charge >= 0.3 is 5.97 Å². The van der Waals surface area contributed by atoms with Crippen LogP contribution in [0.15, 0.2) is 17.2 Å². The van der Waals surface area contributed by atoms with Crippen LogP contribution in [0.4, 0.5) is 0 Å². The van der Waals surface area contributed by atoms with Crippen molar-refractivity contribution in [3.05, 3.63) is 27.6 Å². The summed E-state index contributed by atoms with van der Waals surface area (Å²) in [7, 11) is 0. The lowest BCUT2D eigenvalue weighted by Crippen LogP contribution is -2.32. The van der Waals surface area contributed by atoms with Crippen LogP contribution in [-0.2, 0) is 9.53 Å². The number of thiophene rings is 1. The molecule has 2 heterocycles. The molecule has 3 rings (SSSR count). The summed E-state index contributed by atoms with van der Waals surface area (Å²) in [6.07, 6.45) is 6.72. The van der Waals surface area contributed by atoms with Crippen molar-refractivity contribution in [1.29, 1.82) is 0 Å². The first-order valence-corrected chi connectivity index (χ1v) is 8.55. The molecule has 1 aliphatic carbocycles. The molecule has 2 aromatic rings. The highest BCUT2D eigenvalue weighted by atomic mass is 32.1. The van der Waals surface area contributed by atoms with Gasteiger partial charge in [0.1, 0.15) is 17.0 Å². The van der Waals surface area contributed by atoms with E-state index >= 15 is 0 Å². The normalized spacial score (nSPS) is 17.5. The van der Waals surface area contributed by atoms with Gasteiger partial charge in [0.25, 0.3) is 5.56 Å². The van der Waals surface area contributed by atoms with E-state index in [-0.39, 0.29) is 17.6 Å². The molecule has 1 aliphatic rings. The SMILES string of the molecule is Cc1cc2c(=O)n(C(C)C(=O)OC3CCCCC3)cnc2s1. The molecule has 0 bridgehead atoms. The number of aromatic nitrogens is 2. The van der Waals surface area contributed by atoms with E-state index in [0.29, 0.717) is 10.2 Å². The van der Waals surface area contributed by atoms with Gasteiger partial charge in [-0.05, 0) is 45.6 Å². The summed E-state index contributed by atoms with van der Waals surface area (Å²) in [5, 5.41) is 0.572. The third kappa shape index (κ3) is 2.92. The minimum absolute atomic E-state index is 0.000478. The lowest BCUT2D eigenvalue weighted by Gasteiger charge is -2.24. The number of carbonyl (C=O) groups is 1. The Hall–Kier alpha value is -1.69. The van der Waals surface area contributed by atoms with Crippen molar-refractivity contribution in [1.82, 2.24) is 9.55 Å². The van der Waals surface area contributed by atoms with Gasteiger partial charge in [0.05, 0.1) is 11.7 Å². The summed E-state index contributed by atoms with van der Waals surface area (Å²) in [5.41, 5.74) is -0.178. The third-order valence-electron chi connectivity index (χ3n) is 4.19. The van der Waals surface area contributed by atoms with Gasteiger partial charge in [-0.15, -0.1) is 11.3 Å². The first-order valence-electron chi connectivity index (χ1n) is 7.74. The van der Waals surface area contributed by atoms with Crippen molar-refractivity contribution in [2.75, 3.05) is 0 Å². The predicted molar refractivity (Wildman–Crippen MR) is 86.3 cm³/mol.